The van der Waals surface area contributed by atoms with Gasteiger partial charge in [0.1, 0.15) is 5.82 Å². The summed E-state index contributed by atoms with van der Waals surface area (Å²) < 4.78 is 13.6. The summed E-state index contributed by atoms with van der Waals surface area (Å²) in [6, 6.07) is 14.4. The minimum Gasteiger partial charge on any atom is -0.205 e. The van der Waals surface area contributed by atoms with Gasteiger partial charge in [0, 0.05) is 0 Å². The lowest BCUT2D eigenvalue weighted by atomic mass is 9.74. The summed E-state index contributed by atoms with van der Waals surface area (Å²) in [7, 11) is 0. The Balaban J connectivity index is 1.16. The molecule has 0 N–H and O–H groups in total. The van der Waals surface area contributed by atoms with Crippen molar-refractivity contribution in [2.24, 2.45) is 17.8 Å². The van der Waals surface area contributed by atoms with Crippen LogP contribution in [-0.4, -0.2) is 0 Å². The molecule has 4 rings (SSSR count). The quantitative estimate of drug-likeness (QED) is 0.343. The Morgan fingerprint density at radius 3 is 1.79 bits per heavy atom. The predicted octanol–water partition coefficient (Wildman–Crippen LogP) is 9.92. The molecule has 0 aliphatic heterocycles. The van der Waals surface area contributed by atoms with Gasteiger partial charge in [0.25, 0.3) is 0 Å². The zero-order valence-electron chi connectivity index (χ0n) is 20.5. The molecule has 2 fully saturated rings. The molecule has 0 nitrogen and oxygen atoms in total. The molecular formula is C31H42ClF. The van der Waals surface area contributed by atoms with Crippen LogP contribution in [-0.2, 0) is 12.8 Å². The molecule has 2 aromatic rings. The molecule has 0 heterocycles. The van der Waals surface area contributed by atoms with Crippen molar-refractivity contribution < 1.29 is 4.39 Å². The van der Waals surface area contributed by atoms with Crippen molar-refractivity contribution in [3.8, 4) is 0 Å². The Kier molecular flexibility index (Phi) is 9.30. The SMILES string of the molecule is CCCC1CCC(CCC2CCC(c3ccc(CCc4ccc(Cl)c(F)c4)cc3)CC2)CC1. The van der Waals surface area contributed by atoms with Crippen molar-refractivity contribution in [3.63, 3.8) is 0 Å². The third-order valence-electron chi connectivity index (χ3n) is 8.63. The summed E-state index contributed by atoms with van der Waals surface area (Å²) in [6.07, 6.45) is 19.1. The summed E-state index contributed by atoms with van der Waals surface area (Å²) in [4.78, 5) is 0. The fourth-order valence-corrected chi connectivity index (χ4v) is 6.53. The van der Waals surface area contributed by atoms with Crippen LogP contribution in [0.4, 0.5) is 4.39 Å². The van der Waals surface area contributed by atoms with Crippen LogP contribution in [0.3, 0.4) is 0 Å². The molecule has 0 radical (unpaired) electrons. The van der Waals surface area contributed by atoms with Crippen LogP contribution in [0.15, 0.2) is 42.5 Å². The van der Waals surface area contributed by atoms with Gasteiger partial charge in [0.2, 0.25) is 0 Å². The van der Waals surface area contributed by atoms with Crippen LogP contribution in [0.25, 0.3) is 0 Å². The summed E-state index contributed by atoms with van der Waals surface area (Å²) in [5.41, 5.74) is 3.86. The van der Waals surface area contributed by atoms with E-state index in [0.717, 1.165) is 42.1 Å². The van der Waals surface area contributed by atoms with Gasteiger partial charge in [-0.3, -0.25) is 0 Å². The smallest absolute Gasteiger partial charge is 0.142 e. The Labute approximate surface area is 206 Å². The molecule has 0 unspecified atom stereocenters. The molecule has 2 aromatic carbocycles. The normalized spacial score (nSPS) is 25.8. The first kappa shape index (κ1) is 24.8. The second-order valence-electron chi connectivity index (χ2n) is 11.0. The standard InChI is InChI=1S/C31H42ClF/c1-2-3-23-4-6-24(7-5-23)8-9-25-12-17-28(18-13-25)29-19-14-26(15-20-29)10-11-27-16-21-30(32)31(33)22-27/h14-16,19-25,28H,2-13,17-18H2,1H3. The van der Waals surface area contributed by atoms with E-state index >= 15 is 0 Å². The zero-order chi connectivity index (χ0) is 23.0. The third-order valence-corrected chi connectivity index (χ3v) is 8.94. The second-order valence-corrected chi connectivity index (χ2v) is 11.4. The molecule has 2 saturated carbocycles. The van der Waals surface area contributed by atoms with E-state index in [2.05, 4.69) is 31.2 Å². The number of rotatable bonds is 9. The van der Waals surface area contributed by atoms with Gasteiger partial charge in [0.15, 0.2) is 0 Å². The highest BCUT2D eigenvalue weighted by Gasteiger charge is 2.25. The summed E-state index contributed by atoms with van der Waals surface area (Å²) in [5.74, 6) is 3.44. The molecule has 180 valence electrons. The molecule has 0 saturated heterocycles. The van der Waals surface area contributed by atoms with E-state index in [1.54, 1.807) is 12.1 Å². The molecule has 0 amide bonds. The van der Waals surface area contributed by atoms with Crippen LogP contribution >= 0.6 is 11.6 Å². The Bertz CT molecular complexity index is 842. The molecule has 2 heteroatoms. The van der Waals surface area contributed by atoms with Crippen molar-refractivity contribution in [2.75, 3.05) is 0 Å². The predicted molar refractivity (Wildman–Crippen MR) is 140 cm³/mol. The lowest BCUT2D eigenvalue weighted by Crippen LogP contribution is -2.17. The van der Waals surface area contributed by atoms with Crippen molar-refractivity contribution in [3.05, 3.63) is 70.0 Å². The number of benzene rings is 2. The van der Waals surface area contributed by atoms with E-state index in [4.69, 9.17) is 11.6 Å². The van der Waals surface area contributed by atoms with E-state index in [9.17, 15) is 4.39 Å². The zero-order valence-corrected chi connectivity index (χ0v) is 21.3. The fourth-order valence-electron chi connectivity index (χ4n) is 6.41. The molecule has 0 bridgehead atoms. The Morgan fingerprint density at radius 2 is 1.21 bits per heavy atom. The maximum Gasteiger partial charge on any atom is 0.142 e. The first-order valence-electron chi connectivity index (χ1n) is 13.6. The molecule has 0 spiro atoms. The molecule has 0 aromatic heterocycles. The minimum atomic E-state index is -0.320. The van der Waals surface area contributed by atoms with Gasteiger partial charge in [-0.05, 0) is 91.0 Å². The summed E-state index contributed by atoms with van der Waals surface area (Å²) >= 11 is 5.79. The van der Waals surface area contributed by atoms with Crippen molar-refractivity contribution in [1.29, 1.82) is 0 Å². The van der Waals surface area contributed by atoms with Crippen molar-refractivity contribution in [2.45, 2.75) is 103 Å². The molecular weight excluding hydrogens is 427 g/mol. The average molecular weight is 469 g/mol. The monoisotopic (exact) mass is 468 g/mol. The lowest BCUT2D eigenvalue weighted by molar-refractivity contribution is 0.224. The van der Waals surface area contributed by atoms with Gasteiger partial charge in [0.05, 0.1) is 5.02 Å². The van der Waals surface area contributed by atoms with E-state index in [-0.39, 0.29) is 10.8 Å². The molecule has 2 aliphatic carbocycles. The van der Waals surface area contributed by atoms with Gasteiger partial charge in [-0.15, -0.1) is 0 Å². The van der Waals surface area contributed by atoms with E-state index in [0.29, 0.717) is 0 Å². The van der Waals surface area contributed by atoms with E-state index in [1.807, 2.05) is 6.07 Å². The number of hydrogen-bond acceptors (Lipinski definition) is 0. The number of hydrogen-bond donors (Lipinski definition) is 0. The number of aryl methyl sites for hydroxylation is 2. The van der Waals surface area contributed by atoms with E-state index < -0.39 is 0 Å². The van der Waals surface area contributed by atoms with Crippen LogP contribution in [0, 0.1) is 23.6 Å². The maximum absolute atomic E-state index is 13.6. The highest BCUT2D eigenvalue weighted by Crippen LogP contribution is 2.40. The van der Waals surface area contributed by atoms with Gasteiger partial charge < -0.3 is 0 Å². The largest absolute Gasteiger partial charge is 0.205 e. The third kappa shape index (κ3) is 7.32. The summed E-state index contributed by atoms with van der Waals surface area (Å²) in [6.45, 7) is 2.34. The van der Waals surface area contributed by atoms with Gasteiger partial charge >= 0.3 is 0 Å². The van der Waals surface area contributed by atoms with Crippen molar-refractivity contribution >= 4 is 11.6 Å². The topological polar surface area (TPSA) is 0 Å². The van der Waals surface area contributed by atoms with Gasteiger partial charge in [-0.1, -0.05) is 100 Å². The molecule has 0 atom stereocenters. The minimum absolute atomic E-state index is 0.201. The van der Waals surface area contributed by atoms with Gasteiger partial charge in [-0.2, -0.15) is 0 Å². The average Bonchev–Trinajstić information content (AvgIpc) is 2.85. The summed E-state index contributed by atoms with van der Waals surface area (Å²) in [5, 5.41) is 0.201. The van der Waals surface area contributed by atoms with Crippen LogP contribution in [0.5, 0.6) is 0 Å². The van der Waals surface area contributed by atoms with Crippen LogP contribution in [0.1, 0.15) is 107 Å². The second kappa shape index (κ2) is 12.4. The van der Waals surface area contributed by atoms with Crippen LogP contribution < -0.4 is 0 Å². The highest BCUT2D eigenvalue weighted by atomic mass is 35.5. The Hall–Kier alpha value is -1.34. The lowest BCUT2D eigenvalue weighted by Gasteiger charge is -2.32. The van der Waals surface area contributed by atoms with Gasteiger partial charge in [-0.25, -0.2) is 4.39 Å². The molecule has 2 aliphatic rings. The van der Waals surface area contributed by atoms with Crippen LogP contribution in [0.2, 0.25) is 5.02 Å². The number of halogens is 2. The maximum atomic E-state index is 13.6. The fraction of sp³-hybridized carbons (Fsp3) is 0.613. The first-order valence-corrected chi connectivity index (χ1v) is 14.0. The first-order chi connectivity index (χ1) is 16.1. The highest BCUT2D eigenvalue weighted by molar-refractivity contribution is 6.30. The molecule has 33 heavy (non-hydrogen) atoms. The van der Waals surface area contributed by atoms with Crippen molar-refractivity contribution in [1.82, 2.24) is 0 Å². The van der Waals surface area contributed by atoms with E-state index in [1.165, 1.54) is 88.2 Å². The Morgan fingerprint density at radius 1 is 0.697 bits per heavy atom.